The summed E-state index contributed by atoms with van der Waals surface area (Å²) in [4.78, 5) is 11.6. The second kappa shape index (κ2) is 9.20. The highest BCUT2D eigenvalue weighted by molar-refractivity contribution is 5.82. The van der Waals surface area contributed by atoms with Crippen molar-refractivity contribution in [2.24, 2.45) is 0 Å². The molecule has 0 fully saturated rings. The molecule has 2 nitrogen and oxygen atoms in total. The minimum atomic E-state index is -0.151. The van der Waals surface area contributed by atoms with Gasteiger partial charge in [0.25, 0.3) is 0 Å². The quantitative estimate of drug-likeness (QED) is 0.534. The molecule has 0 aromatic heterocycles. The fourth-order valence-corrected chi connectivity index (χ4v) is 1.56. The van der Waals surface area contributed by atoms with E-state index in [-0.39, 0.29) is 11.9 Å². The predicted molar refractivity (Wildman–Crippen MR) is 59.5 cm³/mol. The van der Waals surface area contributed by atoms with Crippen LogP contribution in [0.5, 0.6) is 0 Å². The van der Waals surface area contributed by atoms with Crippen molar-refractivity contribution in [2.45, 2.75) is 64.9 Å². The van der Waals surface area contributed by atoms with E-state index in [0.717, 1.165) is 19.3 Å². The van der Waals surface area contributed by atoms with Gasteiger partial charge in [-0.2, -0.15) is 0 Å². The minimum Gasteiger partial charge on any atom is -0.374 e. The van der Waals surface area contributed by atoms with Gasteiger partial charge in [0, 0.05) is 13.5 Å². The summed E-state index contributed by atoms with van der Waals surface area (Å²) in [5.74, 6) is 0.283. The molecule has 0 aromatic rings. The molecule has 0 heterocycles. The van der Waals surface area contributed by atoms with Crippen molar-refractivity contribution < 1.29 is 9.53 Å². The standard InChI is InChI=1S/C12H24O2/c1-4-6-7-8-10-11(13)12(14-3)9-5-2/h12H,4-10H2,1-3H3. The number of hydrogen-bond donors (Lipinski definition) is 0. The first-order chi connectivity index (χ1) is 6.76. The number of methoxy groups -OCH3 is 1. The first kappa shape index (κ1) is 13.6. The van der Waals surface area contributed by atoms with Crippen LogP contribution in [0, 0.1) is 0 Å². The molecule has 84 valence electrons. The molecule has 2 heteroatoms. The summed E-state index contributed by atoms with van der Waals surface area (Å²) in [5, 5.41) is 0. The molecule has 0 aliphatic carbocycles. The highest BCUT2D eigenvalue weighted by atomic mass is 16.5. The van der Waals surface area contributed by atoms with Gasteiger partial charge in [0.05, 0.1) is 0 Å². The van der Waals surface area contributed by atoms with Crippen LogP contribution >= 0.6 is 0 Å². The van der Waals surface area contributed by atoms with Crippen molar-refractivity contribution in [1.29, 1.82) is 0 Å². The summed E-state index contributed by atoms with van der Waals surface area (Å²) in [6.45, 7) is 4.26. The zero-order valence-electron chi connectivity index (χ0n) is 9.84. The van der Waals surface area contributed by atoms with E-state index in [2.05, 4.69) is 13.8 Å². The maximum Gasteiger partial charge on any atom is 0.161 e. The van der Waals surface area contributed by atoms with Gasteiger partial charge in [-0.15, -0.1) is 0 Å². The van der Waals surface area contributed by atoms with E-state index in [0.29, 0.717) is 6.42 Å². The average Bonchev–Trinajstić information content (AvgIpc) is 2.20. The first-order valence-electron chi connectivity index (χ1n) is 5.81. The highest BCUT2D eigenvalue weighted by Gasteiger charge is 2.15. The van der Waals surface area contributed by atoms with Gasteiger partial charge in [0.2, 0.25) is 0 Å². The smallest absolute Gasteiger partial charge is 0.161 e. The van der Waals surface area contributed by atoms with Crippen LogP contribution in [0.3, 0.4) is 0 Å². The van der Waals surface area contributed by atoms with E-state index in [1.807, 2.05) is 0 Å². The predicted octanol–water partition coefficient (Wildman–Crippen LogP) is 3.34. The van der Waals surface area contributed by atoms with Crippen molar-refractivity contribution in [1.82, 2.24) is 0 Å². The molecule has 0 aromatic carbocycles. The third-order valence-corrected chi connectivity index (χ3v) is 2.47. The molecule has 0 bridgehead atoms. The fraction of sp³-hybridized carbons (Fsp3) is 0.917. The van der Waals surface area contributed by atoms with Crippen molar-refractivity contribution in [3.05, 3.63) is 0 Å². The number of hydrogen-bond acceptors (Lipinski definition) is 2. The molecule has 0 spiro atoms. The van der Waals surface area contributed by atoms with Gasteiger partial charge in [-0.3, -0.25) is 4.79 Å². The summed E-state index contributed by atoms with van der Waals surface area (Å²) in [7, 11) is 1.63. The Kier molecular flexibility index (Phi) is 8.95. The Morgan fingerprint density at radius 3 is 2.36 bits per heavy atom. The van der Waals surface area contributed by atoms with E-state index in [1.54, 1.807) is 7.11 Å². The molecule has 1 unspecified atom stereocenters. The monoisotopic (exact) mass is 200 g/mol. The first-order valence-corrected chi connectivity index (χ1v) is 5.81. The second-order valence-corrected chi connectivity index (χ2v) is 3.79. The minimum absolute atomic E-state index is 0.151. The van der Waals surface area contributed by atoms with Crippen LogP contribution in [0.2, 0.25) is 0 Å². The number of ether oxygens (including phenoxy) is 1. The molecule has 14 heavy (non-hydrogen) atoms. The molecule has 0 aliphatic rings. The molecule has 0 saturated heterocycles. The van der Waals surface area contributed by atoms with Gasteiger partial charge in [0.1, 0.15) is 6.10 Å². The Morgan fingerprint density at radius 2 is 1.86 bits per heavy atom. The molecule has 0 N–H and O–H groups in total. The zero-order chi connectivity index (χ0) is 10.8. The average molecular weight is 200 g/mol. The molecule has 0 amide bonds. The summed E-state index contributed by atoms with van der Waals surface area (Å²) >= 11 is 0. The lowest BCUT2D eigenvalue weighted by molar-refractivity contribution is -0.129. The zero-order valence-corrected chi connectivity index (χ0v) is 9.84. The second-order valence-electron chi connectivity index (χ2n) is 3.79. The number of unbranched alkanes of at least 4 members (excludes halogenated alkanes) is 3. The van der Waals surface area contributed by atoms with Crippen LogP contribution in [0.1, 0.15) is 58.8 Å². The molecule has 0 saturated carbocycles. The van der Waals surface area contributed by atoms with Gasteiger partial charge in [-0.1, -0.05) is 39.5 Å². The van der Waals surface area contributed by atoms with E-state index >= 15 is 0 Å². The Hall–Kier alpha value is -0.370. The Bertz CT molecular complexity index is 143. The Labute approximate surface area is 88.0 Å². The lowest BCUT2D eigenvalue weighted by atomic mass is 10.0. The van der Waals surface area contributed by atoms with Gasteiger partial charge >= 0.3 is 0 Å². The van der Waals surface area contributed by atoms with Crippen LogP contribution in [0.4, 0.5) is 0 Å². The van der Waals surface area contributed by atoms with Crippen LogP contribution in [0.15, 0.2) is 0 Å². The number of carbonyl (C=O) groups excluding carboxylic acids is 1. The lowest BCUT2D eigenvalue weighted by Crippen LogP contribution is -2.22. The van der Waals surface area contributed by atoms with Gasteiger partial charge < -0.3 is 4.74 Å². The number of rotatable bonds is 9. The summed E-state index contributed by atoms with van der Waals surface area (Å²) in [6, 6.07) is 0. The van der Waals surface area contributed by atoms with Crippen molar-refractivity contribution in [2.75, 3.05) is 7.11 Å². The summed E-state index contributed by atoms with van der Waals surface area (Å²) in [6.07, 6.45) is 7.07. The summed E-state index contributed by atoms with van der Waals surface area (Å²) in [5.41, 5.74) is 0. The van der Waals surface area contributed by atoms with Crippen LogP contribution in [-0.4, -0.2) is 19.0 Å². The maximum atomic E-state index is 11.6. The molecule has 1 atom stereocenters. The van der Waals surface area contributed by atoms with Crippen LogP contribution in [-0.2, 0) is 9.53 Å². The molecule has 0 aliphatic heterocycles. The van der Waals surface area contributed by atoms with Crippen LogP contribution in [0.25, 0.3) is 0 Å². The Morgan fingerprint density at radius 1 is 1.14 bits per heavy atom. The number of Topliss-reactive ketones (excluding diaryl/α,β-unsaturated/α-hetero) is 1. The van der Waals surface area contributed by atoms with Crippen molar-refractivity contribution in [3.8, 4) is 0 Å². The number of carbonyl (C=O) groups is 1. The third kappa shape index (κ3) is 6.14. The topological polar surface area (TPSA) is 26.3 Å². The van der Waals surface area contributed by atoms with E-state index in [4.69, 9.17) is 4.74 Å². The highest BCUT2D eigenvalue weighted by Crippen LogP contribution is 2.09. The van der Waals surface area contributed by atoms with Gasteiger partial charge in [-0.25, -0.2) is 0 Å². The maximum absolute atomic E-state index is 11.6. The summed E-state index contributed by atoms with van der Waals surface area (Å²) < 4.78 is 5.16. The molecular formula is C12H24O2. The fourth-order valence-electron chi connectivity index (χ4n) is 1.56. The lowest BCUT2D eigenvalue weighted by Gasteiger charge is -2.12. The van der Waals surface area contributed by atoms with Gasteiger partial charge in [0.15, 0.2) is 5.78 Å². The third-order valence-electron chi connectivity index (χ3n) is 2.47. The molecule has 0 rings (SSSR count). The number of ketones is 1. The van der Waals surface area contributed by atoms with E-state index < -0.39 is 0 Å². The largest absolute Gasteiger partial charge is 0.374 e. The van der Waals surface area contributed by atoms with Gasteiger partial charge in [-0.05, 0) is 12.8 Å². The Balaban J connectivity index is 3.58. The molecular weight excluding hydrogens is 176 g/mol. The van der Waals surface area contributed by atoms with E-state index in [9.17, 15) is 4.79 Å². The van der Waals surface area contributed by atoms with Crippen LogP contribution < -0.4 is 0 Å². The van der Waals surface area contributed by atoms with Crippen molar-refractivity contribution in [3.63, 3.8) is 0 Å². The molecule has 0 radical (unpaired) electrons. The van der Waals surface area contributed by atoms with E-state index in [1.165, 1.54) is 19.3 Å². The SMILES string of the molecule is CCCCCCC(=O)C(CCC)OC. The van der Waals surface area contributed by atoms with Crippen molar-refractivity contribution >= 4 is 5.78 Å². The normalized spacial score (nSPS) is 12.8.